The number of halogens is 2. The summed E-state index contributed by atoms with van der Waals surface area (Å²) in [5, 5.41) is 0. The zero-order valence-corrected chi connectivity index (χ0v) is 21.1. The van der Waals surface area contributed by atoms with Crippen LogP contribution >= 0.6 is 0 Å². The predicted octanol–water partition coefficient (Wildman–Crippen LogP) is 1.12. The van der Waals surface area contributed by atoms with Crippen LogP contribution < -0.4 is 22.0 Å². The summed E-state index contributed by atoms with van der Waals surface area (Å²) in [5.74, 6) is 2.63. The molecule has 34 heavy (non-hydrogen) atoms. The first-order valence-electron chi connectivity index (χ1n) is 12.0. The molecule has 1 aliphatic carbocycles. The number of rotatable bonds is 7. The minimum Gasteiger partial charge on any atom is -1.00 e. The zero-order chi connectivity index (χ0) is 23.5. The van der Waals surface area contributed by atoms with Crippen molar-refractivity contribution in [2.24, 2.45) is 17.8 Å². The van der Waals surface area contributed by atoms with Gasteiger partial charge in [0, 0.05) is 12.1 Å². The minimum atomic E-state index is -0.299. The van der Waals surface area contributed by atoms with E-state index in [2.05, 4.69) is 25.3 Å². The molecule has 5 nitrogen and oxygen atoms in total. The van der Waals surface area contributed by atoms with Gasteiger partial charge in [0.1, 0.15) is 24.7 Å². The normalized spacial score (nSPS) is 23.9. The van der Waals surface area contributed by atoms with Crippen LogP contribution in [0.25, 0.3) is 0 Å². The van der Waals surface area contributed by atoms with E-state index in [1.54, 1.807) is 12.1 Å². The molecule has 1 saturated carbocycles. The number of quaternary nitrogens is 1. The Morgan fingerprint density at radius 1 is 1.15 bits per heavy atom. The Morgan fingerprint density at radius 3 is 2.56 bits per heavy atom. The molecule has 0 aromatic heterocycles. The molecule has 1 heterocycles. The summed E-state index contributed by atoms with van der Waals surface area (Å²) in [6, 6.07) is 14.0. The molecular formula is C27H35ClFN2O3+. The number of nitrogens with zero attached hydrogens (tertiary/aromatic N) is 1. The van der Waals surface area contributed by atoms with E-state index in [0.29, 0.717) is 23.5 Å². The Morgan fingerprint density at radius 2 is 1.85 bits per heavy atom. The maximum absolute atomic E-state index is 13.2. The summed E-state index contributed by atoms with van der Waals surface area (Å²) in [6.45, 7) is 7.19. The lowest BCUT2D eigenvalue weighted by atomic mass is 9.76. The minimum absolute atomic E-state index is 0. The number of ether oxygens (including phenoxy) is 2. The Bertz CT molecular complexity index is 1020. The van der Waals surface area contributed by atoms with Gasteiger partial charge in [0.15, 0.2) is 6.54 Å². The highest BCUT2D eigenvalue weighted by Gasteiger charge is 2.43. The van der Waals surface area contributed by atoms with Gasteiger partial charge in [-0.3, -0.25) is 0 Å². The molecule has 0 amide bonds. The van der Waals surface area contributed by atoms with Crippen molar-refractivity contribution >= 4 is 23.2 Å². The molecule has 4 unspecified atom stereocenters. The number of benzene rings is 2. The molecule has 7 heteroatoms. The molecular weight excluding hydrogens is 455 g/mol. The van der Waals surface area contributed by atoms with Crippen molar-refractivity contribution in [2.45, 2.75) is 46.1 Å². The van der Waals surface area contributed by atoms with Crippen LogP contribution in [0.2, 0.25) is 0 Å². The third-order valence-electron chi connectivity index (χ3n) is 7.24. The average Bonchev–Trinajstić information content (AvgIpc) is 3.06. The summed E-state index contributed by atoms with van der Waals surface area (Å²) in [5.41, 5.74) is 2.08. The number of fused-ring (bicyclic) bond motifs is 1. The first kappa shape index (κ1) is 26.2. The summed E-state index contributed by atoms with van der Waals surface area (Å²) in [4.78, 5) is 14.0. The topological polar surface area (TPSA) is 43.0 Å². The summed E-state index contributed by atoms with van der Waals surface area (Å²) in [6.07, 6.45) is 3.24. The van der Waals surface area contributed by atoms with Crippen molar-refractivity contribution in [2.75, 3.05) is 20.2 Å². The quantitative estimate of drug-likeness (QED) is 0.468. The highest BCUT2D eigenvalue weighted by atomic mass is 35.5. The van der Waals surface area contributed by atoms with Crippen molar-refractivity contribution in [3.05, 3.63) is 54.3 Å². The lowest BCUT2D eigenvalue weighted by molar-refractivity contribution is -0.736. The van der Waals surface area contributed by atoms with Crippen LogP contribution in [0, 0.1) is 23.6 Å². The average molecular weight is 490 g/mol. The number of carbonyl (C=O) groups excluding carboxylic acids is 1. The molecule has 0 radical (unpaired) electrons. The fraction of sp³-hybridized carbons (Fsp3) is 0.481. The SMILES string of the molecule is CC(C)C1CCC(C)C(OC(=O)C[NH+]2C(COc3ccc(F)cc3)=[N+](C)c3ccccc32)C1.[Cl-]. The number of esters is 1. The zero-order valence-electron chi connectivity index (χ0n) is 20.4. The van der Waals surface area contributed by atoms with E-state index in [0.717, 1.165) is 35.0 Å². The van der Waals surface area contributed by atoms with Gasteiger partial charge >= 0.3 is 11.8 Å². The van der Waals surface area contributed by atoms with Gasteiger partial charge in [-0.1, -0.05) is 32.9 Å². The number of carbonyl (C=O) groups is 1. The molecule has 2 aliphatic rings. The van der Waals surface area contributed by atoms with E-state index in [1.807, 2.05) is 31.3 Å². The highest BCUT2D eigenvalue weighted by Crippen LogP contribution is 2.35. The van der Waals surface area contributed by atoms with Gasteiger partial charge in [-0.25, -0.2) is 14.1 Å². The van der Waals surface area contributed by atoms with Crippen LogP contribution in [-0.4, -0.2) is 42.7 Å². The highest BCUT2D eigenvalue weighted by molar-refractivity contribution is 5.82. The van der Waals surface area contributed by atoms with E-state index in [1.165, 1.54) is 18.6 Å². The molecule has 0 saturated heterocycles. The molecule has 4 atom stereocenters. The maximum Gasteiger partial charge on any atom is 0.386 e. The molecule has 2 aromatic rings. The van der Waals surface area contributed by atoms with E-state index >= 15 is 0 Å². The Hall–Kier alpha value is -2.44. The summed E-state index contributed by atoms with van der Waals surface area (Å²) in [7, 11) is 1.98. The molecule has 184 valence electrons. The number of hydrogen-bond acceptors (Lipinski definition) is 3. The first-order chi connectivity index (χ1) is 15.8. The molecule has 1 aliphatic heterocycles. The summed E-state index contributed by atoms with van der Waals surface area (Å²) >= 11 is 0. The van der Waals surface area contributed by atoms with Crippen molar-refractivity contribution in [3.63, 3.8) is 0 Å². The van der Waals surface area contributed by atoms with Crippen molar-refractivity contribution < 1.29 is 40.5 Å². The first-order valence-corrected chi connectivity index (χ1v) is 12.0. The van der Waals surface area contributed by atoms with Gasteiger partial charge < -0.3 is 21.9 Å². The number of amidine groups is 1. The fourth-order valence-electron chi connectivity index (χ4n) is 5.02. The second-order valence-electron chi connectivity index (χ2n) is 9.74. The Kier molecular flexibility index (Phi) is 8.72. The number of hydrogen-bond donors (Lipinski definition) is 1. The largest absolute Gasteiger partial charge is 1.00 e. The van der Waals surface area contributed by atoms with Crippen molar-refractivity contribution in [1.29, 1.82) is 0 Å². The standard InChI is InChI=1S/C27H34FN2O3.ClH/c1-18(2)20-10-9-19(3)25(15-20)33-27(31)16-30-24-8-6-5-7-23(24)29(4)26(30)17-32-22-13-11-21(28)12-14-22;/h5-8,11-14,18-20,25H,9-10,15-17H2,1-4H3;1H/q+1;. The van der Waals surface area contributed by atoms with E-state index in [4.69, 9.17) is 9.47 Å². The maximum atomic E-state index is 13.2. The van der Waals surface area contributed by atoms with Gasteiger partial charge in [0.25, 0.3) is 5.69 Å². The third kappa shape index (κ3) is 5.78. The van der Waals surface area contributed by atoms with Crippen LogP contribution in [0.1, 0.15) is 40.0 Å². The molecule has 4 rings (SSSR count). The molecule has 1 N–H and O–H groups in total. The lowest BCUT2D eigenvalue weighted by Gasteiger charge is -2.35. The third-order valence-corrected chi connectivity index (χ3v) is 7.24. The second-order valence-corrected chi connectivity index (χ2v) is 9.74. The van der Waals surface area contributed by atoms with Gasteiger partial charge in [0.05, 0.1) is 0 Å². The second kappa shape index (κ2) is 11.3. The predicted molar refractivity (Wildman–Crippen MR) is 126 cm³/mol. The van der Waals surface area contributed by atoms with E-state index in [9.17, 15) is 9.18 Å². The van der Waals surface area contributed by atoms with Crippen molar-refractivity contribution in [3.8, 4) is 5.75 Å². The fourth-order valence-corrected chi connectivity index (χ4v) is 5.02. The number of para-hydroxylation sites is 2. The Labute approximate surface area is 208 Å². The lowest BCUT2D eigenvalue weighted by Crippen LogP contribution is -3.11. The van der Waals surface area contributed by atoms with Gasteiger partial charge in [0.2, 0.25) is 12.3 Å². The summed E-state index contributed by atoms with van der Waals surface area (Å²) < 4.78 is 27.3. The monoisotopic (exact) mass is 489 g/mol. The van der Waals surface area contributed by atoms with Crippen LogP contribution in [-0.2, 0) is 9.53 Å². The van der Waals surface area contributed by atoms with E-state index < -0.39 is 0 Å². The van der Waals surface area contributed by atoms with Crippen LogP contribution in [0.15, 0.2) is 48.5 Å². The Balaban J connectivity index is 0.00000324. The molecule has 0 bridgehead atoms. The van der Waals surface area contributed by atoms with Crippen molar-refractivity contribution in [1.82, 2.24) is 0 Å². The number of nitrogens with one attached hydrogen (secondary N) is 1. The van der Waals surface area contributed by atoms with E-state index in [-0.39, 0.29) is 43.4 Å². The van der Waals surface area contributed by atoms with Crippen LogP contribution in [0.3, 0.4) is 0 Å². The van der Waals surface area contributed by atoms with Gasteiger partial charge in [-0.05, 0) is 61.3 Å². The van der Waals surface area contributed by atoms with Gasteiger partial charge in [-0.2, -0.15) is 0 Å². The smallest absolute Gasteiger partial charge is 0.386 e. The van der Waals surface area contributed by atoms with Crippen LogP contribution in [0.5, 0.6) is 5.75 Å². The van der Waals surface area contributed by atoms with Gasteiger partial charge in [-0.15, -0.1) is 4.58 Å². The molecule has 2 aromatic carbocycles. The molecule has 0 spiro atoms. The van der Waals surface area contributed by atoms with Crippen LogP contribution in [0.4, 0.5) is 15.8 Å². The molecule has 1 fully saturated rings.